The Morgan fingerprint density at radius 2 is 1.92 bits per heavy atom. The number of ether oxygens (including phenoxy) is 1. The van der Waals surface area contributed by atoms with Crippen LogP contribution in [0, 0.1) is 16.7 Å². The molecular formula is C20H26O6. The molecule has 1 aromatic heterocycles. The van der Waals surface area contributed by atoms with Gasteiger partial charge in [-0.05, 0) is 36.7 Å². The molecule has 3 aliphatic rings. The molecule has 26 heavy (non-hydrogen) atoms. The zero-order chi connectivity index (χ0) is 19.0. The summed E-state index contributed by atoms with van der Waals surface area (Å²) in [7, 11) is 0. The number of Topliss-reactive ketones (excluding diaryl/α,β-unsaturated/α-hetero) is 1. The van der Waals surface area contributed by atoms with Crippen LogP contribution >= 0.6 is 0 Å². The van der Waals surface area contributed by atoms with Crippen molar-refractivity contribution in [2.75, 3.05) is 0 Å². The number of esters is 1. The smallest absolute Gasteiger partial charge is 0.326 e. The van der Waals surface area contributed by atoms with Gasteiger partial charge in [0.25, 0.3) is 0 Å². The highest BCUT2D eigenvalue weighted by atomic mass is 16.6. The quantitative estimate of drug-likeness (QED) is 0.589. The topological polar surface area (TPSA) is 97.0 Å². The number of aliphatic hydroxyl groups is 2. The van der Waals surface area contributed by atoms with Crippen LogP contribution in [-0.2, 0) is 14.3 Å². The van der Waals surface area contributed by atoms with Crippen molar-refractivity contribution in [2.24, 2.45) is 16.7 Å². The first-order chi connectivity index (χ1) is 12.1. The summed E-state index contributed by atoms with van der Waals surface area (Å²) in [6, 6.07) is 1.69. The maximum Gasteiger partial charge on any atom is 0.326 e. The summed E-state index contributed by atoms with van der Waals surface area (Å²) in [5.74, 6) is -1.52. The first kappa shape index (κ1) is 17.7. The molecule has 2 aliphatic carbocycles. The van der Waals surface area contributed by atoms with E-state index in [2.05, 4.69) is 0 Å². The Labute approximate surface area is 152 Å². The molecular weight excluding hydrogens is 336 g/mol. The first-order valence-electron chi connectivity index (χ1n) is 9.31. The fourth-order valence-electron chi connectivity index (χ4n) is 5.72. The van der Waals surface area contributed by atoms with E-state index in [1.807, 2.05) is 20.8 Å². The fraction of sp³-hybridized carbons (Fsp3) is 0.700. The second-order valence-electron chi connectivity index (χ2n) is 8.94. The number of hydrogen-bond acceptors (Lipinski definition) is 6. The predicted molar refractivity (Wildman–Crippen MR) is 90.9 cm³/mol. The second-order valence-corrected chi connectivity index (χ2v) is 8.94. The molecule has 3 fully saturated rings. The Kier molecular flexibility index (Phi) is 3.55. The summed E-state index contributed by atoms with van der Waals surface area (Å²) in [6.07, 6.45) is 3.79. The summed E-state index contributed by atoms with van der Waals surface area (Å²) < 4.78 is 10.8. The average Bonchev–Trinajstić information content (AvgIpc) is 3.10. The number of furan rings is 1. The maximum atomic E-state index is 13.4. The van der Waals surface area contributed by atoms with Crippen molar-refractivity contribution in [2.45, 2.75) is 70.2 Å². The summed E-state index contributed by atoms with van der Waals surface area (Å²) in [5, 5.41) is 23.6. The molecule has 1 spiro atoms. The molecule has 0 amide bonds. The Morgan fingerprint density at radius 3 is 2.58 bits per heavy atom. The highest BCUT2D eigenvalue weighted by Crippen LogP contribution is 2.67. The Morgan fingerprint density at radius 1 is 1.19 bits per heavy atom. The van der Waals surface area contributed by atoms with Crippen LogP contribution < -0.4 is 0 Å². The molecule has 0 radical (unpaired) electrons. The third-order valence-corrected chi connectivity index (χ3v) is 7.51. The van der Waals surface area contributed by atoms with Crippen LogP contribution in [0.1, 0.15) is 64.5 Å². The monoisotopic (exact) mass is 362 g/mol. The lowest BCUT2D eigenvalue weighted by Gasteiger charge is -2.67. The molecule has 5 unspecified atom stereocenters. The van der Waals surface area contributed by atoms with E-state index in [1.165, 1.54) is 12.5 Å². The molecule has 2 N–H and O–H groups in total. The Bertz CT molecular complexity index is 752. The van der Waals surface area contributed by atoms with E-state index in [4.69, 9.17) is 9.15 Å². The van der Waals surface area contributed by atoms with Crippen molar-refractivity contribution in [3.63, 3.8) is 0 Å². The average molecular weight is 362 g/mol. The van der Waals surface area contributed by atoms with Gasteiger partial charge in [-0.2, -0.15) is 0 Å². The van der Waals surface area contributed by atoms with Gasteiger partial charge in [-0.15, -0.1) is 0 Å². The number of ketones is 1. The number of carbonyl (C=O) groups is 2. The molecule has 4 rings (SSSR count). The van der Waals surface area contributed by atoms with Crippen molar-refractivity contribution in [1.29, 1.82) is 0 Å². The van der Waals surface area contributed by atoms with Crippen LogP contribution in [0.2, 0.25) is 0 Å². The highest BCUT2D eigenvalue weighted by molar-refractivity contribution is 6.08. The van der Waals surface area contributed by atoms with Crippen LogP contribution in [0.15, 0.2) is 23.0 Å². The van der Waals surface area contributed by atoms with Crippen LogP contribution in [0.4, 0.5) is 0 Å². The van der Waals surface area contributed by atoms with Crippen LogP contribution in [0.5, 0.6) is 0 Å². The summed E-state index contributed by atoms with van der Waals surface area (Å²) in [5.41, 5.74) is -5.26. The van der Waals surface area contributed by atoms with E-state index in [9.17, 15) is 19.8 Å². The van der Waals surface area contributed by atoms with E-state index in [0.29, 0.717) is 24.8 Å². The largest absolute Gasteiger partial charge is 0.472 e. The van der Waals surface area contributed by atoms with Crippen molar-refractivity contribution in [3.8, 4) is 0 Å². The van der Waals surface area contributed by atoms with Crippen LogP contribution in [0.25, 0.3) is 0 Å². The minimum absolute atomic E-state index is 0.0730. The number of hydrogen-bond donors (Lipinski definition) is 2. The SMILES string of the molecule is CC1CCC2(O)C(C)(C)CCC(=O)C23C(=O)OC(c2ccoc2)CC13O. The molecule has 2 saturated carbocycles. The molecule has 1 aliphatic heterocycles. The minimum Gasteiger partial charge on any atom is -0.472 e. The van der Waals surface area contributed by atoms with Crippen LogP contribution in [-0.4, -0.2) is 33.2 Å². The summed E-state index contributed by atoms with van der Waals surface area (Å²) >= 11 is 0. The van der Waals surface area contributed by atoms with E-state index in [0.717, 1.165) is 0 Å². The normalized spacial score (nSPS) is 44.8. The molecule has 5 atom stereocenters. The van der Waals surface area contributed by atoms with Crippen molar-refractivity contribution < 1.29 is 29.0 Å². The Hall–Kier alpha value is -1.66. The third kappa shape index (κ3) is 1.79. The fourth-order valence-corrected chi connectivity index (χ4v) is 5.72. The van der Waals surface area contributed by atoms with Gasteiger partial charge in [0, 0.05) is 18.4 Å². The maximum absolute atomic E-state index is 13.4. The zero-order valence-corrected chi connectivity index (χ0v) is 15.4. The van der Waals surface area contributed by atoms with E-state index in [1.54, 1.807) is 6.07 Å². The lowest BCUT2D eigenvalue weighted by atomic mass is 9.40. The molecule has 6 nitrogen and oxygen atoms in total. The summed E-state index contributed by atoms with van der Waals surface area (Å²) in [4.78, 5) is 26.5. The van der Waals surface area contributed by atoms with E-state index >= 15 is 0 Å². The van der Waals surface area contributed by atoms with Gasteiger partial charge in [0.05, 0.1) is 23.7 Å². The minimum atomic E-state index is -1.93. The first-order valence-corrected chi connectivity index (χ1v) is 9.31. The van der Waals surface area contributed by atoms with Gasteiger partial charge in [0.2, 0.25) is 0 Å². The lowest BCUT2D eigenvalue weighted by Crippen LogP contribution is -2.81. The molecule has 1 saturated heterocycles. The standard InChI is InChI=1S/C20H26O6/c1-12-4-8-19(24)17(2,3)7-5-15(21)20(19)16(22)26-14(10-18(12,20)23)13-6-9-25-11-13/h6,9,11-12,14,23-24H,4-5,7-8,10H2,1-3H3. The van der Waals surface area contributed by atoms with E-state index < -0.39 is 39.9 Å². The predicted octanol–water partition coefficient (Wildman–Crippen LogP) is 2.54. The van der Waals surface area contributed by atoms with E-state index in [-0.39, 0.29) is 18.8 Å². The number of cyclic esters (lactones) is 1. The molecule has 2 heterocycles. The number of carbonyl (C=O) groups excluding carboxylic acids is 2. The molecule has 0 aromatic carbocycles. The molecule has 1 aromatic rings. The van der Waals surface area contributed by atoms with Crippen molar-refractivity contribution in [3.05, 3.63) is 24.2 Å². The van der Waals surface area contributed by atoms with Gasteiger partial charge < -0.3 is 19.4 Å². The number of rotatable bonds is 1. The van der Waals surface area contributed by atoms with Gasteiger partial charge >= 0.3 is 5.97 Å². The molecule has 0 bridgehead atoms. The molecule has 6 heteroatoms. The summed E-state index contributed by atoms with van der Waals surface area (Å²) in [6.45, 7) is 5.58. The lowest BCUT2D eigenvalue weighted by molar-refractivity contribution is -0.301. The zero-order valence-electron chi connectivity index (χ0n) is 15.4. The molecule has 142 valence electrons. The van der Waals surface area contributed by atoms with Gasteiger partial charge in [0.1, 0.15) is 6.10 Å². The highest BCUT2D eigenvalue weighted by Gasteiger charge is 2.81. The van der Waals surface area contributed by atoms with Gasteiger partial charge in [0.15, 0.2) is 11.2 Å². The van der Waals surface area contributed by atoms with Crippen molar-refractivity contribution in [1.82, 2.24) is 0 Å². The van der Waals surface area contributed by atoms with Gasteiger partial charge in [-0.1, -0.05) is 20.8 Å². The Balaban J connectivity index is 1.92. The van der Waals surface area contributed by atoms with Gasteiger partial charge in [-0.3, -0.25) is 9.59 Å². The third-order valence-electron chi connectivity index (χ3n) is 7.51. The van der Waals surface area contributed by atoms with Crippen molar-refractivity contribution >= 4 is 11.8 Å². The second kappa shape index (κ2) is 5.20. The van der Waals surface area contributed by atoms with Crippen LogP contribution in [0.3, 0.4) is 0 Å². The van der Waals surface area contributed by atoms with Gasteiger partial charge in [-0.25, -0.2) is 0 Å².